The summed E-state index contributed by atoms with van der Waals surface area (Å²) in [7, 11) is 1.59. The van der Waals surface area contributed by atoms with E-state index in [1.807, 2.05) is 60.4 Å². The van der Waals surface area contributed by atoms with Gasteiger partial charge in [0.15, 0.2) is 0 Å². The van der Waals surface area contributed by atoms with Gasteiger partial charge in [-0.05, 0) is 49.6 Å². The molecule has 0 spiro atoms. The summed E-state index contributed by atoms with van der Waals surface area (Å²) in [5.74, 6) is 1.34. The summed E-state index contributed by atoms with van der Waals surface area (Å²) in [5, 5.41) is 0. The van der Waals surface area contributed by atoms with E-state index in [-0.39, 0.29) is 12.0 Å². The van der Waals surface area contributed by atoms with Gasteiger partial charge in [0.25, 0.3) is 5.91 Å². The van der Waals surface area contributed by atoms with Crippen molar-refractivity contribution in [3.8, 4) is 11.5 Å². The molecule has 0 radical (unpaired) electrons. The first kappa shape index (κ1) is 19.2. The Bertz CT molecular complexity index is 741. The third-order valence-corrected chi connectivity index (χ3v) is 4.70. The van der Waals surface area contributed by atoms with Crippen LogP contribution >= 0.6 is 0 Å². The molecule has 2 aromatic carbocycles. The summed E-state index contributed by atoms with van der Waals surface area (Å²) in [6, 6.07) is 15.3. The number of hydrogen-bond donors (Lipinski definition) is 0. The lowest BCUT2D eigenvalue weighted by molar-refractivity contribution is 0.0491. The first-order valence-corrected chi connectivity index (χ1v) is 9.40. The molecular formula is C22H27NO4. The van der Waals surface area contributed by atoms with Gasteiger partial charge in [-0.2, -0.15) is 0 Å². The summed E-state index contributed by atoms with van der Waals surface area (Å²) in [5.41, 5.74) is 1.63. The molecule has 0 bridgehead atoms. The highest BCUT2D eigenvalue weighted by atomic mass is 16.5. The average Bonchev–Trinajstić information content (AvgIpc) is 3.20. The Morgan fingerprint density at radius 2 is 2.04 bits per heavy atom. The molecule has 0 N–H and O–H groups in total. The Morgan fingerprint density at radius 3 is 2.74 bits per heavy atom. The predicted octanol–water partition coefficient (Wildman–Crippen LogP) is 3.70. The molecule has 3 rings (SSSR count). The maximum absolute atomic E-state index is 13.2. The van der Waals surface area contributed by atoms with Gasteiger partial charge in [-0.1, -0.05) is 24.3 Å². The topological polar surface area (TPSA) is 48.0 Å². The number of carbonyl (C=O) groups excluding carboxylic acids is 1. The largest absolute Gasteiger partial charge is 0.496 e. The van der Waals surface area contributed by atoms with Crippen LogP contribution in [0.25, 0.3) is 0 Å². The van der Waals surface area contributed by atoms with Crippen LogP contribution in [0.3, 0.4) is 0 Å². The summed E-state index contributed by atoms with van der Waals surface area (Å²) in [6.07, 6.45) is 2.11. The van der Waals surface area contributed by atoms with Crippen molar-refractivity contribution in [1.29, 1.82) is 0 Å². The zero-order valence-electron chi connectivity index (χ0n) is 16.0. The number of amides is 1. The zero-order valence-corrected chi connectivity index (χ0v) is 16.0. The van der Waals surface area contributed by atoms with E-state index in [9.17, 15) is 4.79 Å². The van der Waals surface area contributed by atoms with E-state index in [4.69, 9.17) is 14.2 Å². The van der Waals surface area contributed by atoms with Crippen LogP contribution in [-0.4, -0.2) is 50.3 Å². The van der Waals surface area contributed by atoms with Gasteiger partial charge in [-0.15, -0.1) is 0 Å². The van der Waals surface area contributed by atoms with E-state index >= 15 is 0 Å². The minimum absolute atomic E-state index is 0.0565. The van der Waals surface area contributed by atoms with Crippen molar-refractivity contribution in [3.63, 3.8) is 0 Å². The van der Waals surface area contributed by atoms with Gasteiger partial charge >= 0.3 is 0 Å². The molecule has 1 unspecified atom stereocenters. The third kappa shape index (κ3) is 5.23. The second kappa shape index (κ2) is 9.42. The third-order valence-electron chi connectivity index (χ3n) is 4.70. The number of carbonyl (C=O) groups is 1. The van der Waals surface area contributed by atoms with Gasteiger partial charge in [-0.25, -0.2) is 0 Å². The lowest BCUT2D eigenvalue weighted by Gasteiger charge is -2.26. The molecular weight excluding hydrogens is 342 g/mol. The Balaban J connectivity index is 1.71. The standard InChI is InChI=1S/C22H27NO4/c1-17-10-11-20(21(15-17)25-2)22(24)23(16-19-9-6-13-26-19)12-14-27-18-7-4-3-5-8-18/h3-5,7-8,10-11,15,19H,6,9,12-14,16H2,1-2H3. The van der Waals surface area contributed by atoms with Gasteiger partial charge < -0.3 is 19.1 Å². The summed E-state index contributed by atoms with van der Waals surface area (Å²) in [6.45, 7) is 4.23. The van der Waals surface area contributed by atoms with Gasteiger partial charge in [0.2, 0.25) is 0 Å². The molecule has 0 aromatic heterocycles. The van der Waals surface area contributed by atoms with Crippen LogP contribution in [0.15, 0.2) is 48.5 Å². The fraction of sp³-hybridized carbons (Fsp3) is 0.409. The van der Waals surface area contributed by atoms with Crippen LogP contribution in [0.4, 0.5) is 0 Å². The number of ether oxygens (including phenoxy) is 3. The SMILES string of the molecule is COc1cc(C)ccc1C(=O)N(CCOc1ccccc1)CC1CCCO1. The highest BCUT2D eigenvalue weighted by Gasteiger charge is 2.25. The number of hydrogen-bond acceptors (Lipinski definition) is 4. The normalized spacial score (nSPS) is 16.1. The van der Waals surface area contributed by atoms with Gasteiger partial charge in [-0.3, -0.25) is 4.79 Å². The van der Waals surface area contributed by atoms with Gasteiger partial charge in [0, 0.05) is 13.2 Å². The highest BCUT2D eigenvalue weighted by molar-refractivity contribution is 5.97. The molecule has 27 heavy (non-hydrogen) atoms. The Labute approximate surface area is 160 Å². The number of nitrogens with zero attached hydrogens (tertiary/aromatic N) is 1. The van der Waals surface area contributed by atoms with Crippen LogP contribution in [0.2, 0.25) is 0 Å². The Morgan fingerprint density at radius 1 is 1.22 bits per heavy atom. The highest BCUT2D eigenvalue weighted by Crippen LogP contribution is 2.23. The second-order valence-electron chi connectivity index (χ2n) is 6.75. The molecule has 0 aliphatic carbocycles. The van der Waals surface area contributed by atoms with Crippen LogP contribution in [-0.2, 0) is 4.74 Å². The average molecular weight is 369 g/mol. The summed E-state index contributed by atoms with van der Waals surface area (Å²) in [4.78, 5) is 15.0. The van der Waals surface area contributed by atoms with E-state index in [0.717, 1.165) is 30.8 Å². The molecule has 1 saturated heterocycles. The first-order valence-electron chi connectivity index (χ1n) is 9.40. The van der Waals surface area contributed by atoms with Crippen molar-refractivity contribution in [3.05, 3.63) is 59.7 Å². The minimum Gasteiger partial charge on any atom is -0.496 e. The molecule has 2 aromatic rings. The molecule has 144 valence electrons. The molecule has 1 aliphatic rings. The number of methoxy groups -OCH3 is 1. The molecule has 1 fully saturated rings. The van der Waals surface area contributed by atoms with Crippen molar-refractivity contribution < 1.29 is 19.0 Å². The number of rotatable bonds is 8. The van der Waals surface area contributed by atoms with E-state index in [1.54, 1.807) is 7.11 Å². The maximum Gasteiger partial charge on any atom is 0.257 e. The van der Waals surface area contributed by atoms with Gasteiger partial charge in [0.1, 0.15) is 18.1 Å². The van der Waals surface area contributed by atoms with Crippen molar-refractivity contribution in [1.82, 2.24) is 4.90 Å². The Kier molecular flexibility index (Phi) is 6.71. The van der Waals surface area contributed by atoms with Crippen LogP contribution in [0.5, 0.6) is 11.5 Å². The molecule has 1 atom stereocenters. The summed E-state index contributed by atoms with van der Waals surface area (Å²) >= 11 is 0. The van der Waals surface area contributed by atoms with Crippen molar-refractivity contribution in [2.24, 2.45) is 0 Å². The monoisotopic (exact) mass is 369 g/mol. The van der Waals surface area contributed by atoms with Crippen molar-refractivity contribution >= 4 is 5.91 Å². The zero-order chi connectivity index (χ0) is 19.1. The molecule has 1 amide bonds. The molecule has 5 heteroatoms. The number of para-hydroxylation sites is 1. The van der Waals surface area contributed by atoms with Crippen LogP contribution < -0.4 is 9.47 Å². The van der Waals surface area contributed by atoms with E-state index in [1.165, 1.54) is 0 Å². The first-order chi connectivity index (χ1) is 13.2. The summed E-state index contributed by atoms with van der Waals surface area (Å²) < 4.78 is 17.0. The lowest BCUT2D eigenvalue weighted by atomic mass is 10.1. The van der Waals surface area contributed by atoms with E-state index in [2.05, 4.69) is 0 Å². The molecule has 1 heterocycles. The van der Waals surface area contributed by atoms with E-state index < -0.39 is 0 Å². The maximum atomic E-state index is 13.2. The Hall–Kier alpha value is -2.53. The number of benzene rings is 2. The van der Waals surface area contributed by atoms with Crippen molar-refractivity contribution in [2.75, 3.05) is 33.4 Å². The number of aryl methyl sites for hydroxylation is 1. The fourth-order valence-corrected chi connectivity index (χ4v) is 3.25. The van der Waals surface area contributed by atoms with Crippen molar-refractivity contribution in [2.45, 2.75) is 25.9 Å². The van der Waals surface area contributed by atoms with Crippen LogP contribution in [0.1, 0.15) is 28.8 Å². The molecule has 0 saturated carbocycles. The second-order valence-corrected chi connectivity index (χ2v) is 6.75. The molecule has 1 aliphatic heterocycles. The van der Waals surface area contributed by atoms with E-state index in [0.29, 0.717) is 31.0 Å². The van der Waals surface area contributed by atoms with Gasteiger partial charge in [0.05, 0.1) is 25.3 Å². The fourth-order valence-electron chi connectivity index (χ4n) is 3.25. The quantitative estimate of drug-likeness (QED) is 0.712. The molecule has 5 nitrogen and oxygen atoms in total. The minimum atomic E-state index is -0.0565. The lowest BCUT2D eigenvalue weighted by Crippen LogP contribution is -2.40. The smallest absolute Gasteiger partial charge is 0.257 e. The van der Waals surface area contributed by atoms with Crippen LogP contribution in [0, 0.1) is 6.92 Å². The predicted molar refractivity (Wildman–Crippen MR) is 105 cm³/mol.